The van der Waals surface area contributed by atoms with E-state index in [1.54, 1.807) is 0 Å². The number of hydrogen-bond donors (Lipinski definition) is 0. The lowest BCUT2D eigenvalue weighted by Gasteiger charge is -2.11. The monoisotopic (exact) mass is 239 g/mol. The quantitative estimate of drug-likeness (QED) is 0.634. The van der Waals surface area contributed by atoms with Crippen molar-refractivity contribution in [2.45, 2.75) is 12.4 Å². The first-order valence-electron chi connectivity index (χ1n) is 3.84. The first-order valence-corrected chi connectivity index (χ1v) is 3.84. The molecule has 0 amide bonds. The number of hydrogen-bond acceptors (Lipinski definition) is 1. The van der Waals surface area contributed by atoms with Gasteiger partial charge in [-0.05, 0) is 18.2 Å². The van der Waals surface area contributed by atoms with E-state index in [2.05, 4.69) is 0 Å². The van der Waals surface area contributed by atoms with Gasteiger partial charge in [-0.25, -0.2) is 0 Å². The van der Waals surface area contributed by atoms with Crippen LogP contribution in [-0.4, -0.2) is 0 Å². The second-order valence-corrected chi connectivity index (χ2v) is 2.91. The number of halogens is 6. The van der Waals surface area contributed by atoms with Crippen LogP contribution in [0.3, 0.4) is 0 Å². The second kappa shape index (κ2) is 3.70. The van der Waals surface area contributed by atoms with Crippen LogP contribution in [0.2, 0.25) is 0 Å². The van der Waals surface area contributed by atoms with E-state index in [-0.39, 0.29) is 6.07 Å². The molecule has 0 saturated heterocycles. The van der Waals surface area contributed by atoms with Crippen LogP contribution < -0.4 is 0 Å². The largest absolute Gasteiger partial charge is 0.416 e. The van der Waals surface area contributed by atoms with E-state index in [0.29, 0.717) is 12.1 Å². The van der Waals surface area contributed by atoms with Gasteiger partial charge in [-0.3, -0.25) is 0 Å². The fourth-order valence-electron chi connectivity index (χ4n) is 1.02. The molecule has 1 nitrogen and oxygen atoms in total. The normalized spacial score (nSPS) is 12.3. The third kappa shape index (κ3) is 2.66. The van der Waals surface area contributed by atoms with Gasteiger partial charge in [-0.1, -0.05) is 0 Å². The number of nitrogens with zero attached hydrogens (tertiary/aromatic N) is 1. The van der Waals surface area contributed by atoms with E-state index in [9.17, 15) is 26.3 Å². The summed E-state index contributed by atoms with van der Waals surface area (Å²) in [5, 5.41) is 8.33. The molecule has 0 aliphatic heterocycles. The Kier molecular flexibility index (Phi) is 2.86. The summed E-state index contributed by atoms with van der Waals surface area (Å²) >= 11 is 0. The molecule has 0 spiro atoms. The average molecular weight is 239 g/mol. The fourth-order valence-corrected chi connectivity index (χ4v) is 1.02. The molecule has 16 heavy (non-hydrogen) atoms. The zero-order valence-corrected chi connectivity index (χ0v) is 7.45. The van der Waals surface area contributed by atoms with Crippen molar-refractivity contribution in [2.75, 3.05) is 0 Å². The SMILES string of the molecule is N#Cc1cc(C(F)(F)F)cc(C(F)(F)F)c1. The predicted octanol–water partition coefficient (Wildman–Crippen LogP) is 3.60. The van der Waals surface area contributed by atoms with Gasteiger partial charge < -0.3 is 0 Å². The van der Waals surface area contributed by atoms with Gasteiger partial charge in [-0.15, -0.1) is 0 Å². The van der Waals surface area contributed by atoms with Crippen LogP contribution in [0.5, 0.6) is 0 Å². The van der Waals surface area contributed by atoms with Gasteiger partial charge in [0.2, 0.25) is 0 Å². The lowest BCUT2D eigenvalue weighted by molar-refractivity contribution is -0.143. The Morgan fingerprint density at radius 2 is 1.19 bits per heavy atom. The van der Waals surface area contributed by atoms with Gasteiger partial charge >= 0.3 is 12.4 Å². The third-order valence-corrected chi connectivity index (χ3v) is 1.72. The molecular formula is C9H3F6N. The van der Waals surface area contributed by atoms with Gasteiger partial charge in [0.1, 0.15) is 0 Å². The number of benzene rings is 1. The summed E-state index contributed by atoms with van der Waals surface area (Å²) in [4.78, 5) is 0. The minimum Gasteiger partial charge on any atom is -0.192 e. The van der Waals surface area contributed by atoms with E-state index in [0.717, 1.165) is 0 Å². The van der Waals surface area contributed by atoms with Crippen LogP contribution in [0.4, 0.5) is 26.3 Å². The van der Waals surface area contributed by atoms with Crippen molar-refractivity contribution < 1.29 is 26.3 Å². The molecule has 0 radical (unpaired) electrons. The van der Waals surface area contributed by atoms with E-state index < -0.39 is 29.0 Å². The highest BCUT2D eigenvalue weighted by Gasteiger charge is 2.36. The molecule has 0 bridgehead atoms. The van der Waals surface area contributed by atoms with Gasteiger partial charge in [0.25, 0.3) is 0 Å². The molecule has 0 unspecified atom stereocenters. The molecule has 7 heteroatoms. The molecule has 0 aliphatic carbocycles. The Labute approximate surface area is 85.9 Å². The standard InChI is InChI=1S/C9H3F6N/c10-8(11,12)6-1-5(4-16)2-7(3-6)9(13,14)15/h1-3H. The van der Waals surface area contributed by atoms with Crippen LogP contribution in [0, 0.1) is 11.3 Å². The van der Waals surface area contributed by atoms with Gasteiger partial charge in [0, 0.05) is 0 Å². The molecule has 0 aliphatic rings. The summed E-state index contributed by atoms with van der Waals surface area (Å²) in [6, 6.07) is 1.97. The summed E-state index contributed by atoms with van der Waals surface area (Å²) in [5.74, 6) is 0. The van der Waals surface area contributed by atoms with Gasteiger partial charge in [-0.2, -0.15) is 31.6 Å². The summed E-state index contributed by atoms with van der Waals surface area (Å²) in [6.45, 7) is 0. The molecule has 1 rings (SSSR count). The smallest absolute Gasteiger partial charge is 0.192 e. The third-order valence-electron chi connectivity index (χ3n) is 1.72. The number of alkyl halides is 6. The van der Waals surface area contributed by atoms with E-state index >= 15 is 0 Å². The Morgan fingerprint density at radius 1 is 0.812 bits per heavy atom. The molecule has 0 N–H and O–H groups in total. The van der Waals surface area contributed by atoms with Crippen molar-refractivity contribution in [3.05, 3.63) is 34.9 Å². The maximum atomic E-state index is 12.2. The molecule has 0 fully saturated rings. The lowest BCUT2D eigenvalue weighted by Crippen LogP contribution is -2.11. The molecular weight excluding hydrogens is 236 g/mol. The average Bonchev–Trinajstić information content (AvgIpc) is 2.14. The topological polar surface area (TPSA) is 23.8 Å². The van der Waals surface area contributed by atoms with Crippen molar-refractivity contribution in [3.63, 3.8) is 0 Å². The second-order valence-electron chi connectivity index (χ2n) is 2.91. The van der Waals surface area contributed by atoms with Gasteiger partial charge in [0.05, 0.1) is 22.8 Å². The summed E-state index contributed by atoms with van der Waals surface area (Å²) in [6.07, 6.45) is -9.82. The maximum absolute atomic E-state index is 12.2. The van der Waals surface area contributed by atoms with Crippen LogP contribution in [0.1, 0.15) is 16.7 Å². The summed E-state index contributed by atoms with van der Waals surface area (Å²) < 4.78 is 73.2. The Balaban J connectivity index is 3.41. The minimum atomic E-state index is -4.91. The Hall–Kier alpha value is -1.71. The van der Waals surface area contributed by atoms with Crippen LogP contribution in [0.15, 0.2) is 18.2 Å². The van der Waals surface area contributed by atoms with Crippen LogP contribution >= 0.6 is 0 Å². The number of nitriles is 1. The predicted molar refractivity (Wildman–Crippen MR) is 41.2 cm³/mol. The zero-order chi connectivity index (χ0) is 12.6. The zero-order valence-electron chi connectivity index (χ0n) is 7.45. The Morgan fingerprint density at radius 3 is 1.44 bits per heavy atom. The maximum Gasteiger partial charge on any atom is 0.416 e. The van der Waals surface area contributed by atoms with Crippen LogP contribution in [-0.2, 0) is 12.4 Å². The highest BCUT2D eigenvalue weighted by atomic mass is 19.4. The van der Waals surface area contributed by atoms with Crippen molar-refractivity contribution >= 4 is 0 Å². The molecule has 0 atom stereocenters. The fraction of sp³-hybridized carbons (Fsp3) is 0.222. The van der Waals surface area contributed by atoms with Crippen LogP contribution in [0.25, 0.3) is 0 Å². The van der Waals surface area contributed by atoms with Crippen molar-refractivity contribution in [3.8, 4) is 6.07 Å². The van der Waals surface area contributed by atoms with E-state index in [1.807, 2.05) is 0 Å². The highest BCUT2D eigenvalue weighted by Crippen LogP contribution is 2.36. The van der Waals surface area contributed by atoms with E-state index in [4.69, 9.17) is 5.26 Å². The molecule has 1 aromatic rings. The first-order chi connectivity index (χ1) is 7.14. The highest BCUT2D eigenvalue weighted by molar-refractivity contribution is 5.39. The lowest BCUT2D eigenvalue weighted by atomic mass is 10.1. The molecule has 0 saturated carbocycles. The molecule has 0 aromatic heterocycles. The number of rotatable bonds is 0. The Bertz CT molecular complexity index is 405. The molecule has 1 aromatic carbocycles. The van der Waals surface area contributed by atoms with Gasteiger partial charge in [0.15, 0.2) is 0 Å². The summed E-state index contributed by atoms with van der Waals surface area (Å²) in [5.41, 5.74) is -3.65. The van der Waals surface area contributed by atoms with Crippen molar-refractivity contribution in [1.29, 1.82) is 5.26 Å². The molecule has 0 heterocycles. The molecule has 86 valence electrons. The van der Waals surface area contributed by atoms with Crippen molar-refractivity contribution in [1.82, 2.24) is 0 Å². The summed E-state index contributed by atoms with van der Waals surface area (Å²) in [7, 11) is 0. The van der Waals surface area contributed by atoms with Crippen molar-refractivity contribution in [2.24, 2.45) is 0 Å². The minimum absolute atomic E-state index is 0.0269. The van der Waals surface area contributed by atoms with E-state index in [1.165, 1.54) is 6.07 Å². The first kappa shape index (κ1) is 12.4.